The summed E-state index contributed by atoms with van der Waals surface area (Å²) in [4.78, 5) is 1.10. The van der Waals surface area contributed by atoms with E-state index in [0.717, 1.165) is 10.5 Å². The third-order valence-electron chi connectivity index (χ3n) is 2.35. The Morgan fingerprint density at radius 2 is 1.63 bits per heavy atom. The number of benzene rings is 2. The zero-order chi connectivity index (χ0) is 13.3. The van der Waals surface area contributed by atoms with Crippen molar-refractivity contribution < 1.29 is 4.74 Å². The van der Waals surface area contributed by atoms with Gasteiger partial charge in [-0.2, -0.15) is 0 Å². The van der Waals surface area contributed by atoms with Crippen LogP contribution in [0, 0.1) is 0 Å². The fraction of sp³-hybridized carbons (Fsp3) is 0.0625. The Balaban J connectivity index is 1.74. The van der Waals surface area contributed by atoms with Crippen molar-refractivity contribution in [3.8, 4) is 0 Å². The largest absolute Gasteiger partial charge is 0.474 e. The van der Waals surface area contributed by atoms with Gasteiger partial charge in [0.2, 0.25) is 4.38 Å². The zero-order valence-corrected chi connectivity index (χ0v) is 12.0. The second-order valence-electron chi connectivity index (χ2n) is 3.79. The van der Waals surface area contributed by atoms with Crippen molar-refractivity contribution in [3.05, 3.63) is 72.3 Å². The average molecular weight is 286 g/mol. The van der Waals surface area contributed by atoms with Gasteiger partial charge in [0.05, 0.1) is 0 Å². The summed E-state index contributed by atoms with van der Waals surface area (Å²) in [6.45, 7) is 0.494. The minimum atomic E-state index is 0.494. The molecule has 2 aromatic rings. The summed E-state index contributed by atoms with van der Waals surface area (Å²) < 4.78 is 6.02. The van der Waals surface area contributed by atoms with Gasteiger partial charge >= 0.3 is 0 Å². The molecule has 0 unspecified atom stereocenters. The molecule has 0 heterocycles. The van der Waals surface area contributed by atoms with E-state index < -0.39 is 0 Å². The van der Waals surface area contributed by atoms with Gasteiger partial charge in [0, 0.05) is 4.90 Å². The Bertz CT molecular complexity index is 535. The van der Waals surface area contributed by atoms with Crippen molar-refractivity contribution in [1.82, 2.24) is 0 Å². The standard InChI is InChI=1S/C16H14OS2/c18-16(19-15-11-5-2-6-12-15)17-13-7-10-14-8-3-1-4-9-14/h1-12H,13H2. The highest BCUT2D eigenvalue weighted by molar-refractivity contribution is 8.22. The second-order valence-corrected chi connectivity index (χ2v) is 5.46. The molecule has 2 rings (SSSR count). The van der Waals surface area contributed by atoms with Gasteiger partial charge in [-0.15, -0.1) is 0 Å². The molecular formula is C16H14OS2. The predicted octanol–water partition coefficient (Wildman–Crippen LogP) is 4.79. The summed E-state index contributed by atoms with van der Waals surface area (Å²) >= 11 is 6.64. The SMILES string of the molecule is S=C(OCC=Cc1ccccc1)Sc1ccccc1. The zero-order valence-electron chi connectivity index (χ0n) is 10.4. The molecule has 0 aromatic heterocycles. The van der Waals surface area contributed by atoms with E-state index in [4.69, 9.17) is 17.0 Å². The Morgan fingerprint density at radius 1 is 1.00 bits per heavy atom. The van der Waals surface area contributed by atoms with Crippen LogP contribution in [-0.4, -0.2) is 11.0 Å². The maximum atomic E-state index is 5.48. The van der Waals surface area contributed by atoms with Gasteiger partial charge in [-0.25, -0.2) is 0 Å². The lowest BCUT2D eigenvalue weighted by Gasteiger charge is -2.04. The summed E-state index contributed by atoms with van der Waals surface area (Å²) in [6.07, 6.45) is 3.99. The molecule has 0 atom stereocenters. The topological polar surface area (TPSA) is 9.23 Å². The molecule has 0 bridgehead atoms. The fourth-order valence-electron chi connectivity index (χ4n) is 1.48. The highest BCUT2D eigenvalue weighted by Gasteiger charge is 1.99. The molecule has 0 spiro atoms. The number of hydrogen-bond donors (Lipinski definition) is 0. The van der Waals surface area contributed by atoms with Gasteiger partial charge in [0.15, 0.2) is 0 Å². The molecule has 0 saturated heterocycles. The molecular weight excluding hydrogens is 272 g/mol. The lowest BCUT2D eigenvalue weighted by molar-refractivity contribution is 0.371. The van der Waals surface area contributed by atoms with E-state index >= 15 is 0 Å². The number of rotatable bonds is 4. The quantitative estimate of drug-likeness (QED) is 0.590. The summed E-state index contributed by atoms with van der Waals surface area (Å²) in [7, 11) is 0. The molecule has 96 valence electrons. The maximum absolute atomic E-state index is 5.48. The second kappa shape index (κ2) is 7.77. The van der Waals surface area contributed by atoms with Crippen LogP contribution >= 0.6 is 24.0 Å². The van der Waals surface area contributed by atoms with Crippen LogP contribution in [-0.2, 0) is 4.74 Å². The fourth-order valence-corrected chi connectivity index (χ4v) is 2.45. The monoisotopic (exact) mass is 286 g/mol. The molecule has 3 heteroatoms. The van der Waals surface area contributed by atoms with Crippen LogP contribution in [0.1, 0.15) is 5.56 Å². The van der Waals surface area contributed by atoms with Gasteiger partial charge in [0.25, 0.3) is 0 Å². The van der Waals surface area contributed by atoms with Gasteiger partial charge in [-0.1, -0.05) is 54.6 Å². The van der Waals surface area contributed by atoms with Gasteiger partial charge in [-0.05, 0) is 47.8 Å². The summed E-state index contributed by atoms with van der Waals surface area (Å²) in [6, 6.07) is 20.1. The van der Waals surface area contributed by atoms with E-state index in [2.05, 4.69) is 0 Å². The van der Waals surface area contributed by atoms with E-state index in [1.54, 1.807) is 0 Å². The van der Waals surface area contributed by atoms with Gasteiger partial charge in [-0.3, -0.25) is 0 Å². The molecule has 19 heavy (non-hydrogen) atoms. The molecule has 0 saturated carbocycles. The normalized spacial score (nSPS) is 10.5. The lowest BCUT2D eigenvalue weighted by atomic mass is 10.2. The summed E-state index contributed by atoms with van der Waals surface area (Å²) in [5.41, 5.74) is 1.16. The van der Waals surface area contributed by atoms with Crippen molar-refractivity contribution in [1.29, 1.82) is 0 Å². The third kappa shape index (κ3) is 5.28. The predicted molar refractivity (Wildman–Crippen MR) is 86.3 cm³/mol. The maximum Gasteiger partial charge on any atom is 0.225 e. The van der Waals surface area contributed by atoms with E-state index in [-0.39, 0.29) is 0 Å². The molecule has 0 aliphatic carbocycles. The van der Waals surface area contributed by atoms with E-state index in [0.29, 0.717) is 11.0 Å². The number of hydrogen-bond acceptors (Lipinski definition) is 3. The number of ether oxygens (including phenoxy) is 1. The minimum Gasteiger partial charge on any atom is -0.474 e. The summed E-state index contributed by atoms with van der Waals surface area (Å²) in [5.74, 6) is 0. The van der Waals surface area contributed by atoms with Crippen molar-refractivity contribution in [2.24, 2.45) is 0 Å². The highest BCUT2D eigenvalue weighted by Crippen LogP contribution is 2.19. The first-order valence-corrected chi connectivity index (χ1v) is 7.18. The molecule has 0 aliphatic heterocycles. The Labute approximate surface area is 123 Å². The number of thiocarbonyl (C=S) groups is 1. The smallest absolute Gasteiger partial charge is 0.225 e. The molecule has 1 nitrogen and oxygen atoms in total. The highest BCUT2D eigenvalue weighted by atomic mass is 32.2. The Kier molecular flexibility index (Phi) is 5.66. The number of thioether (sulfide) groups is 1. The van der Waals surface area contributed by atoms with Gasteiger partial charge in [0.1, 0.15) is 6.61 Å². The molecule has 0 amide bonds. The van der Waals surface area contributed by atoms with Crippen LogP contribution in [0.5, 0.6) is 0 Å². The van der Waals surface area contributed by atoms with Crippen LogP contribution in [0.25, 0.3) is 6.08 Å². The molecule has 0 N–H and O–H groups in total. The van der Waals surface area contributed by atoms with Crippen LogP contribution in [0.2, 0.25) is 0 Å². The third-order valence-corrected chi connectivity index (χ3v) is 3.51. The van der Waals surface area contributed by atoms with Crippen LogP contribution < -0.4 is 0 Å². The summed E-state index contributed by atoms with van der Waals surface area (Å²) in [5, 5.41) is 0. The van der Waals surface area contributed by atoms with E-state index in [9.17, 15) is 0 Å². The van der Waals surface area contributed by atoms with Crippen molar-refractivity contribution in [2.45, 2.75) is 4.90 Å². The van der Waals surface area contributed by atoms with E-state index in [1.165, 1.54) is 11.8 Å². The molecule has 0 aliphatic rings. The van der Waals surface area contributed by atoms with Crippen LogP contribution in [0.3, 0.4) is 0 Å². The average Bonchev–Trinajstić information content (AvgIpc) is 2.46. The first kappa shape index (κ1) is 13.8. The Morgan fingerprint density at radius 3 is 2.32 bits per heavy atom. The molecule has 0 fully saturated rings. The minimum absolute atomic E-state index is 0.494. The van der Waals surface area contributed by atoms with Crippen molar-refractivity contribution >= 4 is 34.4 Å². The van der Waals surface area contributed by atoms with Gasteiger partial charge < -0.3 is 4.74 Å². The van der Waals surface area contributed by atoms with E-state index in [1.807, 2.05) is 72.8 Å². The first-order valence-electron chi connectivity index (χ1n) is 5.96. The lowest BCUT2D eigenvalue weighted by Crippen LogP contribution is -1.96. The van der Waals surface area contributed by atoms with Crippen molar-refractivity contribution in [3.63, 3.8) is 0 Å². The van der Waals surface area contributed by atoms with Crippen LogP contribution in [0.4, 0.5) is 0 Å². The van der Waals surface area contributed by atoms with Crippen LogP contribution in [0.15, 0.2) is 71.6 Å². The molecule has 2 aromatic carbocycles. The van der Waals surface area contributed by atoms with Crippen molar-refractivity contribution in [2.75, 3.05) is 6.61 Å². The molecule has 0 radical (unpaired) electrons. The Hall–Kier alpha value is -1.58. The first-order chi connectivity index (χ1) is 9.34.